The Bertz CT molecular complexity index is 269. The van der Waals surface area contributed by atoms with Crippen LogP contribution in [0.3, 0.4) is 0 Å². The van der Waals surface area contributed by atoms with Crippen LogP contribution in [-0.2, 0) is 0 Å². The first-order chi connectivity index (χ1) is 10.2. The van der Waals surface area contributed by atoms with Gasteiger partial charge in [-0.05, 0) is 62.3 Å². The highest BCUT2D eigenvalue weighted by Crippen LogP contribution is 2.37. The molecule has 4 atom stereocenters. The molecule has 0 bridgehead atoms. The Labute approximate surface area is 133 Å². The van der Waals surface area contributed by atoms with Gasteiger partial charge in [-0.1, -0.05) is 59.3 Å². The normalized spacial score (nSPS) is 33.0. The van der Waals surface area contributed by atoms with E-state index in [1.54, 1.807) is 0 Å². The molecule has 124 valence electrons. The smallest absolute Gasteiger partial charge is 0.00955 e. The van der Waals surface area contributed by atoms with E-state index in [0.29, 0.717) is 0 Å². The number of hydrogen-bond donors (Lipinski definition) is 1. The molecule has 0 amide bonds. The molecule has 0 aromatic heterocycles. The molecule has 0 aliphatic heterocycles. The van der Waals surface area contributed by atoms with Crippen molar-refractivity contribution in [3.63, 3.8) is 0 Å². The van der Waals surface area contributed by atoms with E-state index in [0.717, 1.165) is 29.7 Å². The van der Waals surface area contributed by atoms with Crippen LogP contribution in [0.1, 0.15) is 91.4 Å². The second-order valence-electron chi connectivity index (χ2n) is 8.17. The van der Waals surface area contributed by atoms with Crippen LogP contribution in [0.4, 0.5) is 0 Å². The molecule has 2 aliphatic carbocycles. The van der Waals surface area contributed by atoms with E-state index >= 15 is 0 Å². The van der Waals surface area contributed by atoms with Crippen molar-refractivity contribution >= 4 is 0 Å². The molecule has 0 aromatic carbocycles. The number of rotatable bonds is 7. The first kappa shape index (κ1) is 17.3. The molecule has 0 saturated heterocycles. The summed E-state index contributed by atoms with van der Waals surface area (Å²) in [5, 5.41) is 3.91. The van der Waals surface area contributed by atoms with Gasteiger partial charge in [0.2, 0.25) is 0 Å². The zero-order valence-electron chi connectivity index (χ0n) is 14.9. The van der Waals surface area contributed by atoms with E-state index in [1.807, 2.05) is 0 Å². The van der Waals surface area contributed by atoms with Crippen molar-refractivity contribution in [1.29, 1.82) is 0 Å². The topological polar surface area (TPSA) is 12.0 Å². The molecule has 2 fully saturated rings. The van der Waals surface area contributed by atoms with Crippen molar-refractivity contribution in [2.75, 3.05) is 6.54 Å². The Kier molecular flexibility index (Phi) is 7.57. The maximum atomic E-state index is 3.91. The lowest BCUT2D eigenvalue weighted by atomic mass is 9.72. The van der Waals surface area contributed by atoms with E-state index in [2.05, 4.69) is 26.1 Å². The monoisotopic (exact) mass is 293 g/mol. The fraction of sp³-hybridized carbons (Fsp3) is 1.00. The van der Waals surface area contributed by atoms with E-state index in [4.69, 9.17) is 0 Å². The maximum absolute atomic E-state index is 3.91. The second-order valence-corrected chi connectivity index (χ2v) is 8.17. The predicted molar refractivity (Wildman–Crippen MR) is 93.6 cm³/mol. The quantitative estimate of drug-likeness (QED) is 0.626. The van der Waals surface area contributed by atoms with Crippen molar-refractivity contribution in [3.8, 4) is 0 Å². The molecule has 2 rings (SSSR count). The molecule has 0 spiro atoms. The summed E-state index contributed by atoms with van der Waals surface area (Å²) >= 11 is 0. The van der Waals surface area contributed by atoms with Crippen molar-refractivity contribution in [3.05, 3.63) is 0 Å². The van der Waals surface area contributed by atoms with Crippen LogP contribution in [0.25, 0.3) is 0 Å². The minimum Gasteiger partial charge on any atom is -0.314 e. The van der Waals surface area contributed by atoms with Gasteiger partial charge in [0.1, 0.15) is 0 Å². The molecule has 2 aliphatic rings. The van der Waals surface area contributed by atoms with Crippen molar-refractivity contribution in [1.82, 2.24) is 5.32 Å². The zero-order chi connectivity index (χ0) is 15.1. The van der Waals surface area contributed by atoms with Crippen LogP contribution in [-0.4, -0.2) is 12.6 Å². The summed E-state index contributed by atoms with van der Waals surface area (Å²) in [6.45, 7) is 8.46. The van der Waals surface area contributed by atoms with Crippen LogP contribution >= 0.6 is 0 Å². The molecule has 21 heavy (non-hydrogen) atoms. The average Bonchev–Trinajstić information content (AvgIpc) is 2.51. The van der Waals surface area contributed by atoms with Gasteiger partial charge in [-0.2, -0.15) is 0 Å². The fourth-order valence-corrected chi connectivity index (χ4v) is 4.68. The molecule has 1 heteroatoms. The Balaban J connectivity index is 1.81. The van der Waals surface area contributed by atoms with Gasteiger partial charge in [0.25, 0.3) is 0 Å². The molecule has 1 nitrogen and oxygen atoms in total. The van der Waals surface area contributed by atoms with Gasteiger partial charge in [-0.3, -0.25) is 0 Å². The minimum absolute atomic E-state index is 0.807. The summed E-state index contributed by atoms with van der Waals surface area (Å²) in [4.78, 5) is 0. The third kappa shape index (κ3) is 5.58. The van der Waals surface area contributed by atoms with Crippen molar-refractivity contribution in [2.24, 2.45) is 23.7 Å². The first-order valence-corrected chi connectivity index (χ1v) is 9.94. The lowest BCUT2D eigenvalue weighted by molar-refractivity contribution is 0.159. The van der Waals surface area contributed by atoms with Crippen LogP contribution in [0.5, 0.6) is 0 Å². The van der Waals surface area contributed by atoms with Gasteiger partial charge in [0, 0.05) is 6.04 Å². The van der Waals surface area contributed by atoms with Crippen LogP contribution in [0.2, 0.25) is 0 Å². The largest absolute Gasteiger partial charge is 0.314 e. The molecular weight excluding hydrogens is 254 g/mol. The molecule has 0 radical (unpaired) electrons. The van der Waals surface area contributed by atoms with Crippen molar-refractivity contribution < 1.29 is 0 Å². The van der Waals surface area contributed by atoms with Gasteiger partial charge in [-0.15, -0.1) is 0 Å². The molecule has 0 heterocycles. The summed E-state index contributed by atoms with van der Waals surface area (Å²) in [6, 6.07) is 0.807. The van der Waals surface area contributed by atoms with Gasteiger partial charge in [0.05, 0.1) is 0 Å². The van der Waals surface area contributed by atoms with Crippen molar-refractivity contribution in [2.45, 2.75) is 97.4 Å². The van der Waals surface area contributed by atoms with Crippen LogP contribution < -0.4 is 5.32 Å². The molecule has 2 saturated carbocycles. The Hall–Kier alpha value is -0.0400. The highest BCUT2D eigenvalue weighted by atomic mass is 14.9. The first-order valence-electron chi connectivity index (χ1n) is 9.94. The number of nitrogens with one attached hydrogen (secondary N) is 1. The predicted octanol–water partition coefficient (Wildman–Crippen LogP) is 5.79. The van der Waals surface area contributed by atoms with Gasteiger partial charge in [-0.25, -0.2) is 0 Å². The van der Waals surface area contributed by atoms with Gasteiger partial charge in [0.15, 0.2) is 0 Å². The Morgan fingerprint density at radius 2 is 1.71 bits per heavy atom. The average molecular weight is 294 g/mol. The van der Waals surface area contributed by atoms with E-state index in [9.17, 15) is 0 Å². The fourth-order valence-electron chi connectivity index (χ4n) is 4.68. The van der Waals surface area contributed by atoms with Gasteiger partial charge >= 0.3 is 0 Å². The van der Waals surface area contributed by atoms with E-state index in [-0.39, 0.29) is 0 Å². The molecule has 1 N–H and O–H groups in total. The summed E-state index contributed by atoms with van der Waals surface area (Å²) in [5.41, 5.74) is 0. The lowest BCUT2D eigenvalue weighted by Gasteiger charge is -2.38. The Morgan fingerprint density at radius 3 is 2.38 bits per heavy atom. The molecule has 4 unspecified atom stereocenters. The standard InChI is InChI=1S/C20H39N/c1-4-14-21-20(13-11-18-8-6-5-7-9-18)19-12-10-16(2)17(3)15-19/h16-21H,4-15H2,1-3H3. The zero-order valence-corrected chi connectivity index (χ0v) is 14.9. The van der Waals surface area contributed by atoms with Crippen LogP contribution in [0, 0.1) is 23.7 Å². The lowest BCUT2D eigenvalue weighted by Crippen LogP contribution is -2.40. The summed E-state index contributed by atoms with van der Waals surface area (Å²) in [7, 11) is 0. The minimum atomic E-state index is 0.807. The molecular formula is C20H39N. The third-order valence-corrected chi connectivity index (χ3v) is 6.47. The third-order valence-electron chi connectivity index (χ3n) is 6.47. The summed E-state index contributed by atoms with van der Waals surface area (Å²) in [6.07, 6.45) is 16.1. The van der Waals surface area contributed by atoms with E-state index < -0.39 is 0 Å². The SMILES string of the molecule is CCCNC(CCC1CCCCC1)C1CCC(C)C(C)C1. The Morgan fingerprint density at radius 1 is 0.952 bits per heavy atom. The van der Waals surface area contributed by atoms with Gasteiger partial charge < -0.3 is 5.32 Å². The highest BCUT2D eigenvalue weighted by Gasteiger charge is 2.30. The second kappa shape index (κ2) is 9.18. The summed E-state index contributed by atoms with van der Waals surface area (Å²) < 4.78 is 0. The molecule has 0 aromatic rings. The number of hydrogen-bond acceptors (Lipinski definition) is 1. The van der Waals surface area contributed by atoms with E-state index in [1.165, 1.54) is 77.2 Å². The maximum Gasteiger partial charge on any atom is 0.00955 e. The highest BCUT2D eigenvalue weighted by molar-refractivity contribution is 4.84. The summed E-state index contributed by atoms with van der Waals surface area (Å²) in [5.74, 6) is 3.88. The van der Waals surface area contributed by atoms with Crippen LogP contribution in [0.15, 0.2) is 0 Å².